The summed E-state index contributed by atoms with van der Waals surface area (Å²) in [5, 5.41) is 0. The molecule has 1 N–H and O–H groups in total. The van der Waals surface area contributed by atoms with Gasteiger partial charge in [-0.05, 0) is 6.92 Å². The molecule has 1 rings (SSSR count). The molecular formula is C8H12N2O3. The van der Waals surface area contributed by atoms with Gasteiger partial charge in [0.15, 0.2) is 0 Å². The molecule has 0 saturated heterocycles. The largest absolute Gasteiger partial charge is 0.350 e. The third kappa shape index (κ3) is 2.37. The second kappa shape index (κ2) is 4.15. The summed E-state index contributed by atoms with van der Waals surface area (Å²) in [5.74, 6) is 0.543. The van der Waals surface area contributed by atoms with E-state index in [2.05, 4.69) is 9.97 Å². The van der Waals surface area contributed by atoms with E-state index in [1.807, 2.05) is 0 Å². The molecule has 1 aromatic rings. The lowest BCUT2D eigenvalue weighted by Crippen LogP contribution is -2.15. The highest BCUT2D eigenvalue weighted by molar-refractivity contribution is 5.03. The van der Waals surface area contributed by atoms with Crippen LogP contribution in [0.5, 0.6) is 0 Å². The second-order valence-electron chi connectivity index (χ2n) is 2.56. The minimum Gasteiger partial charge on any atom is -0.350 e. The van der Waals surface area contributed by atoms with Crippen molar-refractivity contribution in [3.8, 4) is 0 Å². The SMILES string of the molecule is COC(OC)c1cc(=O)[nH]c(C)n1. The molecule has 0 spiro atoms. The average Bonchev–Trinajstić information content (AvgIpc) is 2.04. The molecule has 5 nitrogen and oxygen atoms in total. The topological polar surface area (TPSA) is 64.2 Å². The molecule has 0 unspecified atom stereocenters. The van der Waals surface area contributed by atoms with E-state index in [1.54, 1.807) is 6.92 Å². The van der Waals surface area contributed by atoms with Crippen molar-refractivity contribution < 1.29 is 9.47 Å². The van der Waals surface area contributed by atoms with Crippen molar-refractivity contribution in [1.82, 2.24) is 9.97 Å². The summed E-state index contributed by atoms with van der Waals surface area (Å²) in [6.07, 6.45) is -0.582. The Kier molecular flexibility index (Phi) is 3.16. The Labute approximate surface area is 75.7 Å². The van der Waals surface area contributed by atoms with Crippen LogP contribution < -0.4 is 5.56 Å². The van der Waals surface area contributed by atoms with Gasteiger partial charge in [0, 0.05) is 20.3 Å². The maximum atomic E-state index is 11.0. The lowest BCUT2D eigenvalue weighted by molar-refractivity contribution is -0.108. The normalized spacial score (nSPS) is 10.8. The van der Waals surface area contributed by atoms with Crippen LogP contribution in [0.1, 0.15) is 17.8 Å². The fraction of sp³-hybridized carbons (Fsp3) is 0.500. The first-order chi connectivity index (χ1) is 6.17. The minimum absolute atomic E-state index is 0.207. The molecule has 0 saturated carbocycles. The summed E-state index contributed by atoms with van der Waals surface area (Å²) >= 11 is 0. The summed E-state index contributed by atoms with van der Waals surface area (Å²) < 4.78 is 9.92. The highest BCUT2D eigenvalue weighted by Gasteiger charge is 2.11. The van der Waals surface area contributed by atoms with Crippen molar-refractivity contribution in [3.63, 3.8) is 0 Å². The lowest BCUT2D eigenvalue weighted by atomic mass is 10.4. The van der Waals surface area contributed by atoms with Crippen LogP contribution in [0, 0.1) is 6.92 Å². The summed E-state index contributed by atoms with van der Waals surface area (Å²) in [7, 11) is 2.98. The highest BCUT2D eigenvalue weighted by Crippen LogP contribution is 2.11. The average molecular weight is 184 g/mol. The first-order valence-electron chi connectivity index (χ1n) is 3.81. The van der Waals surface area contributed by atoms with Gasteiger partial charge in [-0.3, -0.25) is 4.79 Å². The number of aromatic amines is 1. The number of methoxy groups -OCH3 is 2. The Balaban J connectivity index is 3.06. The molecule has 13 heavy (non-hydrogen) atoms. The van der Waals surface area contributed by atoms with E-state index in [0.29, 0.717) is 11.5 Å². The van der Waals surface area contributed by atoms with Gasteiger partial charge in [0.1, 0.15) is 11.5 Å². The van der Waals surface area contributed by atoms with Crippen LogP contribution >= 0.6 is 0 Å². The molecule has 72 valence electrons. The first kappa shape index (κ1) is 9.88. The van der Waals surface area contributed by atoms with Gasteiger partial charge in [-0.2, -0.15) is 0 Å². The number of ether oxygens (including phenoxy) is 2. The zero-order valence-corrected chi connectivity index (χ0v) is 7.83. The van der Waals surface area contributed by atoms with Gasteiger partial charge < -0.3 is 14.5 Å². The maximum absolute atomic E-state index is 11.0. The summed E-state index contributed by atoms with van der Waals surface area (Å²) in [6.45, 7) is 1.70. The molecule has 1 aromatic heterocycles. The second-order valence-corrected chi connectivity index (χ2v) is 2.56. The third-order valence-electron chi connectivity index (χ3n) is 1.55. The van der Waals surface area contributed by atoms with Gasteiger partial charge in [-0.25, -0.2) is 4.98 Å². The number of nitrogens with zero attached hydrogens (tertiary/aromatic N) is 1. The Morgan fingerprint density at radius 3 is 2.54 bits per heavy atom. The molecule has 0 aliphatic heterocycles. The number of aromatic nitrogens is 2. The van der Waals surface area contributed by atoms with E-state index in [4.69, 9.17) is 9.47 Å². The van der Waals surface area contributed by atoms with Gasteiger partial charge >= 0.3 is 0 Å². The van der Waals surface area contributed by atoms with Crippen LogP contribution in [0.4, 0.5) is 0 Å². The molecule has 0 aliphatic carbocycles. The van der Waals surface area contributed by atoms with E-state index in [-0.39, 0.29) is 5.56 Å². The maximum Gasteiger partial charge on any atom is 0.251 e. The molecule has 0 aliphatic rings. The number of aryl methyl sites for hydroxylation is 1. The van der Waals surface area contributed by atoms with E-state index >= 15 is 0 Å². The van der Waals surface area contributed by atoms with Crippen LogP contribution in [0.2, 0.25) is 0 Å². The number of hydrogen-bond donors (Lipinski definition) is 1. The van der Waals surface area contributed by atoms with Crippen molar-refractivity contribution in [2.75, 3.05) is 14.2 Å². The standard InChI is InChI=1S/C8H12N2O3/c1-5-9-6(4-7(11)10-5)8(12-2)13-3/h4,8H,1-3H3,(H,9,10,11). The number of rotatable bonds is 3. The van der Waals surface area contributed by atoms with Crippen LogP contribution in [-0.4, -0.2) is 24.2 Å². The van der Waals surface area contributed by atoms with Crippen LogP contribution in [0.25, 0.3) is 0 Å². The smallest absolute Gasteiger partial charge is 0.251 e. The predicted molar refractivity (Wildman–Crippen MR) is 46.4 cm³/mol. The predicted octanol–water partition coefficient (Wildman–Crippen LogP) is 0.370. The molecule has 0 radical (unpaired) electrons. The molecule has 0 atom stereocenters. The van der Waals surface area contributed by atoms with E-state index in [0.717, 1.165) is 0 Å². The van der Waals surface area contributed by atoms with E-state index in [9.17, 15) is 4.79 Å². The monoisotopic (exact) mass is 184 g/mol. The van der Waals surface area contributed by atoms with Gasteiger partial charge in [-0.1, -0.05) is 0 Å². The van der Waals surface area contributed by atoms with Gasteiger partial charge in [0.25, 0.3) is 5.56 Å². The number of nitrogens with one attached hydrogen (secondary N) is 1. The third-order valence-corrected chi connectivity index (χ3v) is 1.55. The number of H-pyrrole nitrogens is 1. The Morgan fingerprint density at radius 1 is 1.46 bits per heavy atom. The van der Waals surface area contributed by atoms with Crippen molar-refractivity contribution in [3.05, 3.63) is 27.9 Å². The highest BCUT2D eigenvalue weighted by atomic mass is 16.7. The summed E-state index contributed by atoms with van der Waals surface area (Å²) in [4.78, 5) is 17.6. The molecule has 5 heteroatoms. The van der Waals surface area contributed by atoms with Crippen LogP contribution in [0.3, 0.4) is 0 Å². The van der Waals surface area contributed by atoms with Crippen molar-refractivity contribution in [2.24, 2.45) is 0 Å². The lowest BCUT2D eigenvalue weighted by Gasteiger charge is -2.11. The van der Waals surface area contributed by atoms with Gasteiger partial charge in [0.05, 0.1) is 0 Å². The van der Waals surface area contributed by atoms with Crippen molar-refractivity contribution in [2.45, 2.75) is 13.2 Å². The zero-order chi connectivity index (χ0) is 9.84. The summed E-state index contributed by atoms with van der Waals surface area (Å²) in [6, 6.07) is 1.35. The summed E-state index contributed by atoms with van der Waals surface area (Å²) in [5.41, 5.74) is 0.271. The quantitative estimate of drug-likeness (QED) is 0.689. The Bertz CT molecular complexity index is 330. The van der Waals surface area contributed by atoms with Crippen LogP contribution in [0.15, 0.2) is 10.9 Å². The van der Waals surface area contributed by atoms with Gasteiger partial charge in [0.2, 0.25) is 6.29 Å². The first-order valence-corrected chi connectivity index (χ1v) is 3.81. The minimum atomic E-state index is -0.582. The fourth-order valence-corrected chi connectivity index (χ4v) is 1.06. The number of hydrogen-bond acceptors (Lipinski definition) is 4. The molecule has 0 fully saturated rings. The fourth-order valence-electron chi connectivity index (χ4n) is 1.06. The van der Waals surface area contributed by atoms with Crippen LogP contribution in [-0.2, 0) is 9.47 Å². The van der Waals surface area contributed by atoms with Crippen molar-refractivity contribution >= 4 is 0 Å². The molecule has 0 bridgehead atoms. The molecule has 0 amide bonds. The Morgan fingerprint density at radius 2 is 2.08 bits per heavy atom. The Hall–Kier alpha value is -1.20. The van der Waals surface area contributed by atoms with E-state index < -0.39 is 6.29 Å². The van der Waals surface area contributed by atoms with Crippen molar-refractivity contribution in [1.29, 1.82) is 0 Å². The molecule has 0 aromatic carbocycles. The zero-order valence-electron chi connectivity index (χ0n) is 7.83. The van der Waals surface area contributed by atoms with Gasteiger partial charge in [-0.15, -0.1) is 0 Å². The molecule has 1 heterocycles. The molecular weight excluding hydrogens is 172 g/mol. The van der Waals surface area contributed by atoms with E-state index in [1.165, 1.54) is 20.3 Å².